The minimum atomic E-state index is -0.745. The summed E-state index contributed by atoms with van der Waals surface area (Å²) in [6, 6.07) is 0. The van der Waals surface area contributed by atoms with Crippen molar-refractivity contribution in [2.75, 3.05) is 0 Å². The van der Waals surface area contributed by atoms with Crippen molar-refractivity contribution in [3.63, 3.8) is 0 Å². The first-order valence-corrected chi connectivity index (χ1v) is 5.45. The fraction of sp³-hybridized carbons (Fsp3) is 0.538. The predicted octanol–water partition coefficient (Wildman–Crippen LogP) is 2.97. The third-order valence-corrected chi connectivity index (χ3v) is 2.58. The van der Waals surface area contributed by atoms with Gasteiger partial charge in [0.2, 0.25) is 0 Å². The van der Waals surface area contributed by atoms with Crippen LogP contribution in [0.3, 0.4) is 0 Å². The Morgan fingerprint density at radius 2 is 2.12 bits per heavy atom. The van der Waals surface area contributed by atoms with Crippen LogP contribution >= 0.6 is 0 Å². The summed E-state index contributed by atoms with van der Waals surface area (Å²) in [6.07, 6.45) is 3.90. The molecule has 3 nitrogen and oxygen atoms in total. The number of carboxylic acid groups (broad SMARTS) is 1. The Hall–Kier alpha value is -1.38. The molecule has 1 rings (SSSR count). The number of rotatable bonds is 2. The molecule has 90 valence electrons. The van der Waals surface area contributed by atoms with E-state index in [2.05, 4.69) is 6.58 Å². The number of carboxylic acids is 1. The van der Waals surface area contributed by atoms with Crippen LogP contribution in [0.5, 0.6) is 0 Å². The zero-order valence-corrected chi connectivity index (χ0v) is 10.2. The van der Waals surface area contributed by atoms with Crippen LogP contribution in [0, 0.1) is 5.92 Å². The lowest BCUT2D eigenvalue weighted by Gasteiger charge is -2.18. The first kappa shape index (κ1) is 14.6. The van der Waals surface area contributed by atoms with E-state index in [1.54, 1.807) is 6.92 Å². The third kappa shape index (κ3) is 5.49. The normalized spacial score (nSPS) is 19.3. The minimum Gasteiger partial charge on any atom is -0.481 e. The van der Waals surface area contributed by atoms with Gasteiger partial charge in [-0.2, -0.15) is 0 Å². The number of ketones is 1. The molecule has 1 unspecified atom stereocenters. The van der Waals surface area contributed by atoms with Gasteiger partial charge >= 0.3 is 5.97 Å². The maximum Gasteiger partial charge on any atom is 0.303 e. The van der Waals surface area contributed by atoms with Gasteiger partial charge in [0.15, 0.2) is 5.78 Å². The van der Waals surface area contributed by atoms with Gasteiger partial charge in [-0.15, -0.1) is 0 Å². The van der Waals surface area contributed by atoms with E-state index >= 15 is 0 Å². The van der Waals surface area contributed by atoms with Crippen LogP contribution in [0.4, 0.5) is 0 Å². The molecule has 0 fully saturated rings. The zero-order valence-electron chi connectivity index (χ0n) is 10.2. The highest BCUT2D eigenvalue weighted by molar-refractivity contribution is 5.95. The Bertz CT molecular complexity index is 313. The Morgan fingerprint density at radius 3 is 2.44 bits per heavy atom. The summed E-state index contributed by atoms with van der Waals surface area (Å²) in [5.41, 5.74) is 2.05. The van der Waals surface area contributed by atoms with Gasteiger partial charge in [-0.25, -0.2) is 0 Å². The Balaban J connectivity index is 0.000000385. The van der Waals surface area contributed by atoms with Gasteiger partial charge in [0, 0.05) is 12.8 Å². The van der Waals surface area contributed by atoms with E-state index in [-0.39, 0.29) is 12.2 Å². The summed E-state index contributed by atoms with van der Waals surface area (Å²) < 4.78 is 0. The smallest absolute Gasteiger partial charge is 0.303 e. The molecule has 1 aliphatic rings. The maximum atomic E-state index is 11.2. The van der Waals surface area contributed by atoms with Gasteiger partial charge in [-0.05, 0) is 31.8 Å². The van der Waals surface area contributed by atoms with Crippen molar-refractivity contribution < 1.29 is 14.7 Å². The molecule has 0 bridgehead atoms. The first-order valence-electron chi connectivity index (χ1n) is 5.45. The van der Waals surface area contributed by atoms with E-state index in [1.165, 1.54) is 0 Å². The van der Waals surface area contributed by atoms with Crippen LogP contribution < -0.4 is 0 Å². The largest absolute Gasteiger partial charge is 0.481 e. The number of hydrogen-bond acceptors (Lipinski definition) is 2. The number of carbonyl (C=O) groups excluding carboxylic acids is 1. The van der Waals surface area contributed by atoms with Crippen molar-refractivity contribution in [1.29, 1.82) is 0 Å². The molecule has 1 N–H and O–H groups in total. The highest BCUT2D eigenvalue weighted by Crippen LogP contribution is 2.25. The summed E-state index contributed by atoms with van der Waals surface area (Å²) in [5, 5.41) is 7.72. The molecule has 0 aromatic heterocycles. The summed E-state index contributed by atoms with van der Waals surface area (Å²) in [5.74, 6) is -0.0690. The Kier molecular flexibility index (Phi) is 6.38. The molecule has 0 spiro atoms. The van der Waals surface area contributed by atoms with Crippen LogP contribution in [0.1, 0.15) is 40.0 Å². The van der Waals surface area contributed by atoms with Crippen molar-refractivity contribution in [2.45, 2.75) is 40.0 Å². The number of hydrogen-bond donors (Lipinski definition) is 1. The molecule has 0 saturated carbocycles. The fourth-order valence-electron chi connectivity index (χ4n) is 1.28. The summed E-state index contributed by atoms with van der Waals surface area (Å²) >= 11 is 0. The molecule has 3 heteroatoms. The van der Waals surface area contributed by atoms with Crippen LogP contribution in [0.25, 0.3) is 0 Å². The topological polar surface area (TPSA) is 54.4 Å². The van der Waals surface area contributed by atoms with Crippen molar-refractivity contribution in [3.05, 3.63) is 23.8 Å². The average Bonchev–Trinajstić information content (AvgIpc) is 2.22. The maximum absolute atomic E-state index is 11.2. The van der Waals surface area contributed by atoms with Gasteiger partial charge < -0.3 is 5.11 Å². The number of carbonyl (C=O) groups is 2. The number of Topliss-reactive ketones (excluding diaryl/α,β-unsaturated/α-hetero) is 1. The monoisotopic (exact) mass is 224 g/mol. The van der Waals surface area contributed by atoms with Crippen molar-refractivity contribution in [3.8, 4) is 0 Å². The molecule has 0 aliphatic heterocycles. The fourth-order valence-corrected chi connectivity index (χ4v) is 1.28. The van der Waals surface area contributed by atoms with Gasteiger partial charge in [0.25, 0.3) is 0 Å². The molecular weight excluding hydrogens is 204 g/mol. The van der Waals surface area contributed by atoms with E-state index in [0.717, 1.165) is 17.6 Å². The zero-order chi connectivity index (χ0) is 12.7. The van der Waals surface area contributed by atoms with Gasteiger partial charge in [0.1, 0.15) is 0 Å². The van der Waals surface area contributed by atoms with Gasteiger partial charge in [-0.1, -0.05) is 25.2 Å². The lowest BCUT2D eigenvalue weighted by Crippen LogP contribution is -2.14. The Labute approximate surface area is 96.9 Å². The van der Waals surface area contributed by atoms with E-state index in [4.69, 9.17) is 5.11 Å². The van der Waals surface area contributed by atoms with E-state index in [0.29, 0.717) is 12.3 Å². The molecule has 0 aromatic rings. The SMILES string of the molecule is C=C(C)C1CC=C(C)C(=O)C1.CCC(=O)O. The molecule has 16 heavy (non-hydrogen) atoms. The van der Waals surface area contributed by atoms with E-state index in [9.17, 15) is 9.59 Å². The van der Waals surface area contributed by atoms with Crippen LogP contribution in [-0.2, 0) is 9.59 Å². The van der Waals surface area contributed by atoms with Crippen LogP contribution in [-0.4, -0.2) is 16.9 Å². The third-order valence-electron chi connectivity index (χ3n) is 2.58. The van der Waals surface area contributed by atoms with Crippen LogP contribution in [0.15, 0.2) is 23.8 Å². The second-order valence-electron chi connectivity index (χ2n) is 4.04. The molecule has 1 aliphatic carbocycles. The molecule has 1 atom stereocenters. The molecular formula is C13H20O3. The lowest BCUT2D eigenvalue weighted by molar-refractivity contribution is -0.136. The first-order chi connectivity index (χ1) is 7.38. The van der Waals surface area contributed by atoms with Crippen molar-refractivity contribution >= 4 is 11.8 Å². The summed E-state index contributed by atoms with van der Waals surface area (Å²) in [4.78, 5) is 20.6. The minimum absolute atomic E-state index is 0.222. The number of aliphatic carboxylic acids is 1. The molecule has 0 aromatic carbocycles. The van der Waals surface area contributed by atoms with E-state index in [1.807, 2.05) is 19.9 Å². The van der Waals surface area contributed by atoms with Crippen LogP contribution in [0.2, 0.25) is 0 Å². The molecule has 0 radical (unpaired) electrons. The second kappa shape index (κ2) is 6.99. The van der Waals surface area contributed by atoms with Gasteiger partial charge in [-0.3, -0.25) is 9.59 Å². The quantitative estimate of drug-likeness (QED) is 0.734. The van der Waals surface area contributed by atoms with Crippen molar-refractivity contribution in [2.24, 2.45) is 5.92 Å². The lowest BCUT2D eigenvalue weighted by atomic mass is 9.85. The Morgan fingerprint density at radius 1 is 1.62 bits per heavy atom. The highest BCUT2D eigenvalue weighted by Gasteiger charge is 2.18. The standard InChI is InChI=1S/C10H14O.C3H6O2/c1-7(2)9-5-4-8(3)10(11)6-9;1-2-3(4)5/h4,9H,1,5-6H2,2-3H3;2H2,1H3,(H,4,5). The number of allylic oxidation sites excluding steroid dienone is 3. The summed E-state index contributed by atoms with van der Waals surface area (Å²) in [6.45, 7) is 9.33. The summed E-state index contributed by atoms with van der Waals surface area (Å²) in [7, 11) is 0. The molecule has 0 heterocycles. The predicted molar refractivity (Wildman–Crippen MR) is 64.2 cm³/mol. The van der Waals surface area contributed by atoms with E-state index < -0.39 is 5.97 Å². The molecule has 0 amide bonds. The average molecular weight is 224 g/mol. The molecule has 0 saturated heterocycles. The highest BCUT2D eigenvalue weighted by atomic mass is 16.4. The second-order valence-corrected chi connectivity index (χ2v) is 4.04. The van der Waals surface area contributed by atoms with Crippen molar-refractivity contribution in [1.82, 2.24) is 0 Å². The van der Waals surface area contributed by atoms with Gasteiger partial charge in [0.05, 0.1) is 0 Å².